The zero-order chi connectivity index (χ0) is 22.4. The molecule has 0 unspecified atom stereocenters. The maximum Gasteiger partial charge on any atom is 0.343 e. The van der Waals surface area contributed by atoms with Crippen LogP contribution in [-0.4, -0.2) is 22.0 Å². The molecule has 0 aliphatic carbocycles. The molecular weight excluding hydrogens is 428 g/mol. The van der Waals surface area contributed by atoms with Crippen molar-refractivity contribution in [3.8, 4) is 5.75 Å². The summed E-state index contributed by atoms with van der Waals surface area (Å²) < 4.78 is 5.27. The Balaban J connectivity index is 1.65. The molecule has 156 valence electrons. The zero-order valence-electron chi connectivity index (χ0n) is 15.6. The summed E-state index contributed by atoms with van der Waals surface area (Å²) in [6.07, 6.45) is 1.38. The van der Waals surface area contributed by atoms with Crippen molar-refractivity contribution in [2.24, 2.45) is 5.10 Å². The predicted octanol–water partition coefficient (Wildman–Crippen LogP) is 4.82. The number of halogens is 1. The highest BCUT2D eigenvalue weighted by Crippen LogP contribution is 2.28. The van der Waals surface area contributed by atoms with Gasteiger partial charge in [0.25, 0.3) is 5.69 Å². The number of hydrazone groups is 1. The fraction of sp³-hybridized carbons (Fsp3) is 0. The minimum absolute atomic E-state index is 0.000998. The van der Waals surface area contributed by atoms with Gasteiger partial charge in [0.15, 0.2) is 0 Å². The molecule has 11 heteroatoms. The number of hydrogen-bond donors (Lipinski definition) is 1. The van der Waals surface area contributed by atoms with Gasteiger partial charge in [0.1, 0.15) is 11.4 Å². The van der Waals surface area contributed by atoms with Crippen LogP contribution in [-0.2, 0) is 0 Å². The van der Waals surface area contributed by atoms with Gasteiger partial charge in [0.05, 0.1) is 27.7 Å². The summed E-state index contributed by atoms with van der Waals surface area (Å²) in [6, 6.07) is 15.9. The molecule has 0 heterocycles. The maximum absolute atomic E-state index is 12.1. The lowest BCUT2D eigenvalue weighted by molar-refractivity contribution is -0.393. The van der Waals surface area contributed by atoms with Crippen molar-refractivity contribution in [3.63, 3.8) is 0 Å². The largest absolute Gasteiger partial charge is 0.423 e. The molecule has 0 fully saturated rings. The van der Waals surface area contributed by atoms with Crippen LogP contribution in [0.3, 0.4) is 0 Å². The second-order valence-electron chi connectivity index (χ2n) is 6.05. The zero-order valence-corrected chi connectivity index (χ0v) is 16.4. The predicted molar refractivity (Wildman–Crippen MR) is 114 cm³/mol. The van der Waals surface area contributed by atoms with E-state index in [9.17, 15) is 25.0 Å². The highest BCUT2D eigenvalue weighted by molar-refractivity contribution is 6.30. The van der Waals surface area contributed by atoms with Gasteiger partial charge in [-0.05, 0) is 54.1 Å². The summed E-state index contributed by atoms with van der Waals surface area (Å²) >= 11 is 5.86. The van der Waals surface area contributed by atoms with Crippen LogP contribution >= 0.6 is 11.6 Å². The number of rotatable bonds is 7. The summed E-state index contributed by atoms with van der Waals surface area (Å²) in [5.41, 5.74) is 2.54. The number of nitrogens with one attached hydrogen (secondary N) is 1. The third-order valence-electron chi connectivity index (χ3n) is 3.94. The van der Waals surface area contributed by atoms with E-state index in [0.717, 1.165) is 12.1 Å². The summed E-state index contributed by atoms with van der Waals surface area (Å²) in [5, 5.41) is 26.2. The van der Waals surface area contributed by atoms with Crippen LogP contribution in [0.4, 0.5) is 17.1 Å². The number of nitrogens with zero attached hydrogens (tertiary/aromatic N) is 3. The lowest BCUT2D eigenvalue weighted by Gasteiger charge is -2.05. The normalized spacial score (nSPS) is 10.6. The minimum atomic E-state index is -0.742. The SMILES string of the molecule is O=C(Oc1ccc(/C=N/Nc2ccc([N+](=O)[O-])cc2[N+](=O)[O-])cc1)c1cccc(Cl)c1. The van der Waals surface area contributed by atoms with Crippen LogP contribution in [0.2, 0.25) is 5.02 Å². The molecule has 0 atom stereocenters. The Bertz CT molecular complexity index is 1180. The van der Waals surface area contributed by atoms with Crippen molar-refractivity contribution < 1.29 is 19.4 Å². The first-order valence-corrected chi connectivity index (χ1v) is 9.01. The first kappa shape index (κ1) is 21.4. The quantitative estimate of drug-likeness (QED) is 0.183. The monoisotopic (exact) mass is 440 g/mol. The molecule has 0 aliphatic heterocycles. The van der Waals surface area contributed by atoms with Gasteiger partial charge in [0.2, 0.25) is 0 Å². The summed E-state index contributed by atoms with van der Waals surface area (Å²) in [6.45, 7) is 0. The van der Waals surface area contributed by atoms with Gasteiger partial charge in [-0.1, -0.05) is 17.7 Å². The van der Waals surface area contributed by atoms with Crippen molar-refractivity contribution in [2.45, 2.75) is 0 Å². The first-order valence-electron chi connectivity index (χ1n) is 8.63. The van der Waals surface area contributed by atoms with E-state index in [4.69, 9.17) is 16.3 Å². The molecule has 0 bridgehead atoms. The number of benzene rings is 3. The number of anilines is 1. The number of ether oxygens (including phenoxy) is 1. The molecule has 3 rings (SSSR count). The van der Waals surface area contributed by atoms with E-state index in [1.807, 2.05) is 0 Å². The smallest absolute Gasteiger partial charge is 0.343 e. The Labute approximate surface area is 180 Å². The minimum Gasteiger partial charge on any atom is -0.423 e. The van der Waals surface area contributed by atoms with E-state index < -0.39 is 27.2 Å². The van der Waals surface area contributed by atoms with Gasteiger partial charge in [0, 0.05) is 11.1 Å². The summed E-state index contributed by atoms with van der Waals surface area (Å²) in [5.74, 6) is -0.253. The van der Waals surface area contributed by atoms with Crippen LogP contribution in [0.1, 0.15) is 15.9 Å². The van der Waals surface area contributed by atoms with Gasteiger partial charge in [-0.15, -0.1) is 0 Å². The number of esters is 1. The number of hydrogen-bond acceptors (Lipinski definition) is 8. The van der Waals surface area contributed by atoms with E-state index in [2.05, 4.69) is 10.5 Å². The molecule has 0 amide bonds. The van der Waals surface area contributed by atoms with Crippen molar-refractivity contribution in [1.29, 1.82) is 0 Å². The third-order valence-corrected chi connectivity index (χ3v) is 4.17. The highest BCUT2D eigenvalue weighted by atomic mass is 35.5. The molecular formula is C20H13ClN4O6. The summed E-state index contributed by atoms with van der Waals surface area (Å²) in [4.78, 5) is 32.5. The number of carbonyl (C=O) groups excluding carboxylic acids is 1. The van der Waals surface area contributed by atoms with E-state index in [1.54, 1.807) is 42.5 Å². The standard InChI is InChI=1S/C20H13ClN4O6/c21-15-3-1-2-14(10-15)20(26)31-17-7-4-13(5-8-17)12-22-23-18-9-6-16(24(27)28)11-19(18)25(29)30/h1-12,23H/b22-12+. The van der Waals surface area contributed by atoms with Crippen molar-refractivity contribution in [2.75, 3.05) is 5.43 Å². The second-order valence-corrected chi connectivity index (χ2v) is 6.49. The van der Waals surface area contributed by atoms with Crippen molar-refractivity contribution >= 4 is 40.8 Å². The lowest BCUT2D eigenvalue weighted by Crippen LogP contribution is -2.08. The lowest BCUT2D eigenvalue weighted by atomic mass is 10.2. The van der Waals surface area contributed by atoms with Crippen molar-refractivity contribution in [1.82, 2.24) is 0 Å². The topological polar surface area (TPSA) is 137 Å². The van der Waals surface area contributed by atoms with E-state index in [1.165, 1.54) is 18.3 Å². The van der Waals surface area contributed by atoms with Crippen LogP contribution < -0.4 is 10.2 Å². The molecule has 3 aromatic rings. The third kappa shape index (κ3) is 5.61. The molecule has 0 saturated heterocycles. The number of carbonyl (C=O) groups is 1. The number of nitro groups is 2. The fourth-order valence-electron chi connectivity index (χ4n) is 2.46. The molecule has 0 radical (unpaired) electrons. The van der Waals surface area contributed by atoms with Crippen LogP contribution in [0.25, 0.3) is 0 Å². The molecule has 31 heavy (non-hydrogen) atoms. The Kier molecular flexibility index (Phi) is 6.53. The molecule has 1 N–H and O–H groups in total. The Morgan fingerprint density at radius 1 is 1.00 bits per heavy atom. The fourth-order valence-corrected chi connectivity index (χ4v) is 2.65. The van der Waals surface area contributed by atoms with Gasteiger partial charge >= 0.3 is 11.7 Å². The first-order chi connectivity index (χ1) is 14.8. The Hall–Kier alpha value is -4.31. The van der Waals surface area contributed by atoms with E-state index in [0.29, 0.717) is 21.9 Å². The van der Waals surface area contributed by atoms with Gasteiger partial charge in [-0.2, -0.15) is 5.10 Å². The van der Waals surface area contributed by atoms with Crippen LogP contribution in [0.5, 0.6) is 5.75 Å². The highest BCUT2D eigenvalue weighted by Gasteiger charge is 2.19. The van der Waals surface area contributed by atoms with Gasteiger partial charge in [-0.25, -0.2) is 4.79 Å². The van der Waals surface area contributed by atoms with Crippen molar-refractivity contribution in [3.05, 3.63) is 103 Å². The second kappa shape index (κ2) is 9.46. The average Bonchev–Trinajstić information content (AvgIpc) is 2.75. The molecule has 10 nitrogen and oxygen atoms in total. The van der Waals surface area contributed by atoms with Crippen LogP contribution in [0.15, 0.2) is 71.8 Å². The number of nitro benzene ring substituents is 2. The summed E-state index contributed by atoms with van der Waals surface area (Å²) in [7, 11) is 0. The van der Waals surface area contributed by atoms with E-state index >= 15 is 0 Å². The molecule has 0 spiro atoms. The molecule has 3 aromatic carbocycles. The van der Waals surface area contributed by atoms with Crippen LogP contribution in [0, 0.1) is 20.2 Å². The molecule has 0 aliphatic rings. The molecule has 0 saturated carbocycles. The Morgan fingerprint density at radius 2 is 1.74 bits per heavy atom. The maximum atomic E-state index is 12.1. The molecule has 0 aromatic heterocycles. The average molecular weight is 441 g/mol. The van der Waals surface area contributed by atoms with Gasteiger partial charge in [-0.3, -0.25) is 25.7 Å². The number of non-ortho nitro benzene ring substituents is 1. The van der Waals surface area contributed by atoms with E-state index in [-0.39, 0.29) is 5.69 Å². The Morgan fingerprint density at radius 3 is 2.39 bits per heavy atom. The van der Waals surface area contributed by atoms with Gasteiger partial charge < -0.3 is 4.74 Å².